The molecule has 8 heteroatoms. The molecular formula is C35H25ClN2O5. The quantitative estimate of drug-likeness (QED) is 0.174. The summed E-state index contributed by atoms with van der Waals surface area (Å²) in [5.74, 6) is -3.04. The molecule has 4 aromatic carbocycles. The van der Waals surface area contributed by atoms with E-state index in [9.17, 15) is 19.2 Å². The number of nitrogens with zero attached hydrogens (tertiary/aromatic N) is 2. The number of halogens is 1. The molecule has 3 aliphatic carbocycles. The molecule has 3 amide bonds. The first-order valence-electron chi connectivity index (χ1n) is 14.3. The highest BCUT2D eigenvalue weighted by atomic mass is 35.5. The highest BCUT2D eigenvalue weighted by Gasteiger charge is 2.61. The first-order valence-corrected chi connectivity index (χ1v) is 14.7. The summed E-state index contributed by atoms with van der Waals surface area (Å²) in [6.45, 7) is 0.190. The van der Waals surface area contributed by atoms with Gasteiger partial charge >= 0.3 is 5.97 Å². The molecule has 0 radical (unpaired) electrons. The fourth-order valence-electron chi connectivity index (χ4n) is 7.55. The average Bonchev–Trinajstić information content (AvgIpc) is 3.54. The van der Waals surface area contributed by atoms with E-state index < -0.39 is 23.7 Å². The average molecular weight is 589 g/mol. The Morgan fingerprint density at radius 1 is 0.698 bits per heavy atom. The van der Waals surface area contributed by atoms with E-state index in [1.807, 2.05) is 24.3 Å². The third-order valence-electron chi connectivity index (χ3n) is 9.34. The lowest BCUT2D eigenvalue weighted by Crippen LogP contribution is -2.41. The number of carbonyl (C=O) groups excluding carboxylic acids is 4. The van der Waals surface area contributed by atoms with E-state index in [4.69, 9.17) is 16.3 Å². The van der Waals surface area contributed by atoms with Crippen LogP contribution in [0.15, 0.2) is 97.1 Å². The minimum atomic E-state index is -0.655. The van der Waals surface area contributed by atoms with Gasteiger partial charge in [-0.3, -0.25) is 19.2 Å². The van der Waals surface area contributed by atoms with E-state index in [1.54, 1.807) is 53.4 Å². The number of anilines is 2. The Hall–Kier alpha value is -4.75. The van der Waals surface area contributed by atoms with Gasteiger partial charge in [0.2, 0.25) is 17.7 Å². The van der Waals surface area contributed by atoms with E-state index in [0.29, 0.717) is 16.4 Å². The standard InChI is InChI=1S/C35H25ClN2O5/c36-20-12-14-21(15-13-20)37-18-19(16-28(37)39)35(42)43-23-7-5-6-22(17-23)38-33(40)31-29-24-8-1-2-9-25(24)30(32(31)34(38)41)27-11-4-3-10-26(27)29/h1-15,17,19,29-32H,16,18H2/t19-,29?,30?,31+,32+/m0/s1. The molecule has 2 fully saturated rings. The van der Waals surface area contributed by atoms with Crippen LogP contribution < -0.4 is 14.5 Å². The molecule has 2 heterocycles. The number of amides is 3. The van der Waals surface area contributed by atoms with Crippen molar-refractivity contribution in [2.24, 2.45) is 17.8 Å². The Morgan fingerprint density at radius 2 is 1.26 bits per heavy atom. The number of benzene rings is 4. The van der Waals surface area contributed by atoms with Gasteiger partial charge in [-0.1, -0.05) is 66.2 Å². The largest absolute Gasteiger partial charge is 0.426 e. The second kappa shape index (κ2) is 9.64. The normalized spacial score (nSPS) is 25.0. The molecule has 0 aromatic heterocycles. The first kappa shape index (κ1) is 25.9. The number of hydrogen-bond donors (Lipinski definition) is 0. The first-order chi connectivity index (χ1) is 20.9. The number of carbonyl (C=O) groups is 4. The topological polar surface area (TPSA) is 84.0 Å². The second-order valence-electron chi connectivity index (χ2n) is 11.6. The molecule has 43 heavy (non-hydrogen) atoms. The lowest BCUT2D eigenvalue weighted by molar-refractivity contribution is -0.139. The Bertz CT molecular complexity index is 1740. The van der Waals surface area contributed by atoms with Crippen molar-refractivity contribution in [1.82, 2.24) is 0 Å². The smallest absolute Gasteiger partial charge is 0.316 e. The molecule has 4 aromatic rings. The van der Waals surface area contributed by atoms with Crippen LogP contribution in [0.5, 0.6) is 5.75 Å². The third kappa shape index (κ3) is 3.88. The fourth-order valence-corrected chi connectivity index (χ4v) is 7.68. The van der Waals surface area contributed by atoms with Crippen molar-refractivity contribution in [3.63, 3.8) is 0 Å². The van der Waals surface area contributed by atoms with E-state index in [-0.39, 0.29) is 48.3 Å². The predicted octanol–water partition coefficient (Wildman–Crippen LogP) is 5.70. The van der Waals surface area contributed by atoms with Gasteiger partial charge in [-0.15, -0.1) is 0 Å². The van der Waals surface area contributed by atoms with Crippen molar-refractivity contribution in [3.05, 3.63) is 124 Å². The highest BCUT2D eigenvalue weighted by Crippen LogP contribution is 2.61. The summed E-state index contributed by atoms with van der Waals surface area (Å²) in [6.07, 6.45) is 0.0253. The monoisotopic (exact) mass is 588 g/mol. The van der Waals surface area contributed by atoms with Gasteiger partial charge in [-0.25, -0.2) is 4.90 Å². The van der Waals surface area contributed by atoms with Gasteiger partial charge in [0.25, 0.3) is 0 Å². The molecule has 9 rings (SSSR count). The highest BCUT2D eigenvalue weighted by molar-refractivity contribution is 6.30. The molecule has 0 unspecified atom stereocenters. The summed E-state index contributed by atoms with van der Waals surface area (Å²) in [4.78, 5) is 56.8. The Kier molecular flexibility index (Phi) is 5.81. The van der Waals surface area contributed by atoms with Crippen LogP contribution in [-0.2, 0) is 19.2 Å². The van der Waals surface area contributed by atoms with Crippen molar-refractivity contribution in [3.8, 4) is 5.75 Å². The van der Waals surface area contributed by atoms with E-state index >= 15 is 0 Å². The number of ether oxygens (including phenoxy) is 1. The number of esters is 1. The molecule has 3 atom stereocenters. The van der Waals surface area contributed by atoms with Gasteiger partial charge in [0, 0.05) is 41.6 Å². The summed E-state index contributed by atoms with van der Waals surface area (Å²) in [5, 5.41) is 0.558. The zero-order valence-electron chi connectivity index (χ0n) is 22.9. The van der Waals surface area contributed by atoms with Crippen molar-refractivity contribution >= 4 is 46.7 Å². The fraction of sp³-hybridized carbons (Fsp3) is 0.200. The van der Waals surface area contributed by atoms with Gasteiger partial charge in [0.05, 0.1) is 23.4 Å². The van der Waals surface area contributed by atoms with Gasteiger partial charge < -0.3 is 9.64 Å². The van der Waals surface area contributed by atoms with E-state index in [2.05, 4.69) is 24.3 Å². The summed E-state index contributed by atoms with van der Waals surface area (Å²) < 4.78 is 5.71. The Morgan fingerprint density at radius 3 is 1.81 bits per heavy atom. The van der Waals surface area contributed by atoms with Crippen LogP contribution in [0.1, 0.15) is 40.5 Å². The maximum absolute atomic E-state index is 14.1. The van der Waals surface area contributed by atoms with Crippen molar-refractivity contribution in [2.45, 2.75) is 18.3 Å². The molecule has 0 N–H and O–H groups in total. The zero-order chi connectivity index (χ0) is 29.4. The summed E-state index contributed by atoms with van der Waals surface area (Å²) in [7, 11) is 0. The van der Waals surface area contributed by atoms with Crippen LogP contribution in [0.4, 0.5) is 11.4 Å². The predicted molar refractivity (Wildman–Crippen MR) is 160 cm³/mol. The molecule has 2 aliphatic heterocycles. The van der Waals surface area contributed by atoms with Crippen molar-refractivity contribution in [2.75, 3.05) is 16.3 Å². The third-order valence-corrected chi connectivity index (χ3v) is 9.59. The van der Waals surface area contributed by atoms with E-state index in [0.717, 1.165) is 22.3 Å². The summed E-state index contributed by atoms with van der Waals surface area (Å²) >= 11 is 5.97. The maximum atomic E-state index is 14.1. The molecule has 7 nitrogen and oxygen atoms in total. The molecule has 2 bridgehead atoms. The van der Waals surface area contributed by atoms with Crippen molar-refractivity contribution < 1.29 is 23.9 Å². The number of rotatable bonds is 4. The Balaban J connectivity index is 1.06. The molecular weight excluding hydrogens is 564 g/mol. The summed E-state index contributed by atoms with van der Waals surface area (Å²) in [5.41, 5.74) is 5.47. The van der Waals surface area contributed by atoms with Crippen molar-refractivity contribution in [1.29, 1.82) is 0 Å². The SMILES string of the molecule is O=C(Oc1cccc(N2C(=O)[C@@H]3C4c5ccccc5C(c5ccccc54)[C@H]3C2=O)c1)[C@H]1CC(=O)N(c2ccc(Cl)cc2)C1. The molecule has 0 saturated carbocycles. The van der Waals surface area contributed by atoms with E-state index in [1.165, 1.54) is 4.90 Å². The molecule has 0 spiro atoms. The van der Waals surface area contributed by atoms with Crippen LogP contribution in [0.3, 0.4) is 0 Å². The van der Waals surface area contributed by atoms with Gasteiger partial charge in [0.15, 0.2) is 0 Å². The number of imide groups is 1. The molecule has 5 aliphatic rings. The van der Waals surface area contributed by atoms with Gasteiger partial charge in [-0.2, -0.15) is 0 Å². The minimum Gasteiger partial charge on any atom is -0.426 e. The number of hydrogen-bond acceptors (Lipinski definition) is 5. The Labute approximate surface area is 252 Å². The minimum absolute atomic E-state index is 0.0253. The summed E-state index contributed by atoms with van der Waals surface area (Å²) in [6, 6.07) is 29.6. The molecule has 2 saturated heterocycles. The lowest BCUT2D eigenvalue weighted by Gasteiger charge is -2.45. The zero-order valence-corrected chi connectivity index (χ0v) is 23.6. The van der Waals surface area contributed by atoms with Crippen LogP contribution >= 0.6 is 11.6 Å². The van der Waals surface area contributed by atoms with Gasteiger partial charge in [-0.05, 0) is 58.7 Å². The van der Waals surface area contributed by atoms with Crippen LogP contribution in [0.25, 0.3) is 0 Å². The molecule has 212 valence electrons. The van der Waals surface area contributed by atoms with Crippen LogP contribution in [-0.4, -0.2) is 30.2 Å². The second-order valence-corrected chi connectivity index (χ2v) is 12.0. The van der Waals surface area contributed by atoms with Crippen LogP contribution in [0.2, 0.25) is 5.02 Å². The lowest BCUT2D eigenvalue weighted by atomic mass is 9.55. The maximum Gasteiger partial charge on any atom is 0.316 e. The van der Waals surface area contributed by atoms with Gasteiger partial charge in [0.1, 0.15) is 5.75 Å². The van der Waals surface area contributed by atoms with Crippen LogP contribution in [0, 0.1) is 17.8 Å².